The molecule has 0 radical (unpaired) electrons. The van der Waals surface area contributed by atoms with Crippen LogP contribution in [0.1, 0.15) is 6.92 Å². The Labute approximate surface area is 114 Å². The molecule has 0 aliphatic heterocycles. The van der Waals surface area contributed by atoms with E-state index in [0.29, 0.717) is 17.7 Å². The van der Waals surface area contributed by atoms with Crippen molar-refractivity contribution in [1.82, 2.24) is 9.71 Å². The highest BCUT2D eigenvalue weighted by Gasteiger charge is 2.15. The molecule has 0 aliphatic rings. The Hall–Kier alpha value is -0.210. The summed E-state index contributed by atoms with van der Waals surface area (Å²) >= 11 is 8.80. The van der Waals surface area contributed by atoms with Crippen molar-refractivity contribution < 1.29 is 13.2 Å². The van der Waals surface area contributed by atoms with Crippen LogP contribution in [0.2, 0.25) is 5.15 Å². The lowest BCUT2D eigenvalue weighted by Gasteiger charge is -2.07. The van der Waals surface area contributed by atoms with Crippen LogP contribution in [0.4, 0.5) is 0 Å². The molecule has 1 N–H and O–H groups in total. The molecular formula is C9H12BrClN2O3S. The van der Waals surface area contributed by atoms with E-state index in [9.17, 15) is 8.42 Å². The maximum absolute atomic E-state index is 11.8. The predicted octanol–water partition coefficient (Wildman–Crippen LogP) is 1.81. The molecule has 0 bridgehead atoms. The van der Waals surface area contributed by atoms with Gasteiger partial charge in [0.15, 0.2) is 0 Å². The van der Waals surface area contributed by atoms with Crippen LogP contribution in [0, 0.1) is 0 Å². The van der Waals surface area contributed by atoms with Crippen molar-refractivity contribution in [2.45, 2.75) is 11.8 Å². The third kappa shape index (κ3) is 4.51. The number of pyridine rings is 1. The van der Waals surface area contributed by atoms with E-state index in [2.05, 4.69) is 25.6 Å². The van der Waals surface area contributed by atoms with E-state index in [1.165, 1.54) is 12.3 Å². The number of nitrogens with zero attached hydrogens (tertiary/aromatic N) is 1. The zero-order valence-corrected chi connectivity index (χ0v) is 12.3. The van der Waals surface area contributed by atoms with Crippen molar-refractivity contribution in [1.29, 1.82) is 0 Å². The smallest absolute Gasteiger partial charge is 0.242 e. The number of sulfonamides is 1. The first-order valence-corrected chi connectivity index (χ1v) is 7.51. The van der Waals surface area contributed by atoms with Gasteiger partial charge >= 0.3 is 0 Å². The molecule has 8 heteroatoms. The van der Waals surface area contributed by atoms with Gasteiger partial charge in [-0.25, -0.2) is 18.1 Å². The van der Waals surface area contributed by atoms with Crippen molar-refractivity contribution in [3.63, 3.8) is 0 Å². The first kappa shape index (κ1) is 14.8. The second-order valence-corrected chi connectivity index (χ2v) is 6.02. The summed E-state index contributed by atoms with van der Waals surface area (Å²) in [6.45, 7) is 2.94. The van der Waals surface area contributed by atoms with Crippen LogP contribution < -0.4 is 4.72 Å². The van der Waals surface area contributed by atoms with E-state index in [-0.39, 0.29) is 16.6 Å². The number of rotatable bonds is 6. The molecule has 0 aliphatic carbocycles. The minimum Gasteiger partial charge on any atom is -0.380 e. The van der Waals surface area contributed by atoms with Crippen LogP contribution in [0.3, 0.4) is 0 Å². The summed E-state index contributed by atoms with van der Waals surface area (Å²) in [5, 5.41) is 0.221. The summed E-state index contributed by atoms with van der Waals surface area (Å²) in [5.41, 5.74) is 0. The Bertz CT molecular complexity index is 481. The van der Waals surface area contributed by atoms with E-state index >= 15 is 0 Å². The SMILES string of the molecule is CCOCCNS(=O)(=O)c1cnc(Cl)c(Br)c1. The van der Waals surface area contributed by atoms with Crippen molar-refractivity contribution >= 4 is 37.6 Å². The summed E-state index contributed by atoms with van der Waals surface area (Å²) in [7, 11) is -3.56. The third-order valence-electron chi connectivity index (χ3n) is 1.82. The lowest BCUT2D eigenvalue weighted by Crippen LogP contribution is -2.27. The normalized spacial score (nSPS) is 11.7. The molecule has 0 spiro atoms. The molecule has 0 amide bonds. The zero-order chi connectivity index (χ0) is 12.9. The fraction of sp³-hybridized carbons (Fsp3) is 0.444. The first-order chi connectivity index (χ1) is 7.97. The van der Waals surface area contributed by atoms with Crippen LogP contribution >= 0.6 is 27.5 Å². The summed E-state index contributed by atoms with van der Waals surface area (Å²) in [6, 6.07) is 1.40. The van der Waals surface area contributed by atoms with Crippen LogP contribution in [0.15, 0.2) is 21.6 Å². The molecule has 1 rings (SSSR count). The Morgan fingerprint density at radius 2 is 2.29 bits per heavy atom. The van der Waals surface area contributed by atoms with Crippen molar-refractivity contribution in [2.75, 3.05) is 19.8 Å². The number of ether oxygens (including phenoxy) is 1. The topological polar surface area (TPSA) is 68.3 Å². The van der Waals surface area contributed by atoms with Gasteiger partial charge in [0.1, 0.15) is 10.0 Å². The molecule has 0 atom stereocenters. The second kappa shape index (κ2) is 6.65. The van der Waals surface area contributed by atoms with Gasteiger partial charge in [0, 0.05) is 19.3 Å². The van der Waals surface area contributed by atoms with Crippen LogP contribution in [-0.2, 0) is 14.8 Å². The number of hydrogen-bond donors (Lipinski definition) is 1. The van der Waals surface area contributed by atoms with Crippen LogP contribution in [0.5, 0.6) is 0 Å². The summed E-state index contributed by atoms with van der Waals surface area (Å²) in [6.07, 6.45) is 1.20. The summed E-state index contributed by atoms with van der Waals surface area (Å²) < 4.78 is 31.4. The van der Waals surface area contributed by atoms with Gasteiger partial charge in [-0.3, -0.25) is 0 Å². The van der Waals surface area contributed by atoms with Gasteiger partial charge in [-0.05, 0) is 28.9 Å². The molecule has 17 heavy (non-hydrogen) atoms. The maximum atomic E-state index is 11.8. The fourth-order valence-electron chi connectivity index (χ4n) is 1.03. The average Bonchev–Trinajstić information content (AvgIpc) is 2.28. The average molecular weight is 344 g/mol. The Morgan fingerprint density at radius 1 is 1.59 bits per heavy atom. The summed E-state index contributed by atoms with van der Waals surface area (Å²) in [4.78, 5) is 3.82. The number of nitrogens with one attached hydrogen (secondary N) is 1. The van der Waals surface area contributed by atoms with Gasteiger partial charge in [-0.1, -0.05) is 11.6 Å². The first-order valence-electron chi connectivity index (χ1n) is 4.86. The molecule has 1 aromatic rings. The Morgan fingerprint density at radius 3 is 2.88 bits per heavy atom. The highest BCUT2D eigenvalue weighted by molar-refractivity contribution is 9.10. The van der Waals surface area contributed by atoms with E-state index in [1.807, 2.05) is 6.92 Å². The van der Waals surface area contributed by atoms with Gasteiger partial charge < -0.3 is 4.74 Å². The van der Waals surface area contributed by atoms with E-state index < -0.39 is 10.0 Å². The van der Waals surface area contributed by atoms with Gasteiger partial charge in [0.25, 0.3) is 0 Å². The van der Waals surface area contributed by atoms with Crippen LogP contribution in [0.25, 0.3) is 0 Å². The molecule has 0 unspecified atom stereocenters. The molecular weight excluding hydrogens is 332 g/mol. The minimum absolute atomic E-state index is 0.0604. The zero-order valence-electron chi connectivity index (χ0n) is 9.11. The quantitative estimate of drug-likeness (QED) is 0.632. The Kier molecular flexibility index (Phi) is 5.81. The Balaban J connectivity index is 2.72. The fourth-order valence-corrected chi connectivity index (χ4v) is 2.61. The van der Waals surface area contributed by atoms with Crippen molar-refractivity contribution in [3.05, 3.63) is 21.9 Å². The van der Waals surface area contributed by atoms with E-state index in [0.717, 1.165) is 0 Å². The molecule has 0 fully saturated rings. The van der Waals surface area contributed by atoms with Gasteiger partial charge in [0.2, 0.25) is 10.0 Å². The van der Waals surface area contributed by atoms with Gasteiger partial charge in [-0.15, -0.1) is 0 Å². The maximum Gasteiger partial charge on any atom is 0.242 e. The lowest BCUT2D eigenvalue weighted by molar-refractivity contribution is 0.153. The standard InChI is InChI=1S/C9H12BrClN2O3S/c1-2-16-4-3-13-17(14,15)7-5-8(10)9(11)12-6-7/h5-6,13H,2-4H2,1H3. The van der Waals surface area contributed by atoms with Crippen molar-refractivity contribution in [3.8, 4) is 0 Å². The monoisotopic (exact) mass is 342 g/mol. The molecule has 1 aromatic heterocycles. The van der Waals surface area contributed by atoms with E-state index in [1.54, 1.807) is 0 Å². The van der Waals surface area contributed by atoms with Gasteiger partial charge in [-0.2, -0.15) is 0 Å². The van der Waals surface area contributed by atoms with Gasteiger partial charge in [0.05, 0.1) is 11.1 Å². The lowest BCUT2D eigenvalue weighted by atomic mass is 10.5. The number of halogens is 2. The molecule has 0 saturated heterocycles. The predicted molar refractivity (Wildman–Crippen MR) is 68.6 cm³/mol. The van der Waals surface area contributed by atoms with E-state index in [4.69, 9.17) is 16.3 Å². The molecule has 96 valence electrons. The second-order valence-electron chi connectivity index (χ2n) is 3.04. The molecule has 5 nitrogen and oxygen atoms in total. The highest BCUT2D eigenvalue weighted by atomic mass is 79.9. The van der Waals surface area contributed by atoms with Crippen molar-refractivity contribution in [2.24, 2.45) is 0 Å². The molecule has 0 saturated carbocycles. The number of hydrogen-bond acceptors (Lipinski definition) is 4. The molecule has 1 heterocycles. The number of aromatic nitrogens is 1. The third-order valence-corrected chi connectivity index (χ3v) is 4.39. The highest BCUT2D eigenvalue weighted by Crippen LogP contribution is 2.22. The summed E-state index contributed by atoms with van der Waals surface area (Å²) in [5.74, 6) is 0. The van der Waals surface area contributed by atoms with Crippen LogP contribution in [-0.4, -0.2) is 33.2 Å². The minimum atomic E-state index is -3.56. The largest absolute Gasteiger partial charge is 0.380 e. The molecule has 0 aromatic carbocycles.